The zero-order chi connectivity index (χ0) is 21.5. The first-order valence-corrected chi connectivity index (χ1v) is 11.2. The van der Waals surface area contributed by atoms with E-state index >= 15 is 0 Å². The Morgan fingerprint density at radius 1 is 1.10 bits per heavy atom. The number of carbonyl (C=O) groups excluding carboxylic acids is 3. The minimum absolute atomic E-state index is 0.136. The predicted molar refractivity (Wildman–Crippen MR) is 112 cm³/mol. The largest absolute Gasteiger partial charge is 0.489 e. The number of hydrogen-bond donors (Lipinski definition) is 1. The maximum Gasteiger partial charge on any atom is 0.255 e. The Balaban J connectivity index is 1.27. The van der Waals surface area contributed by atoms with Crippen LogP contribution in [0.25, 0.3) is 0 Å². The van der Waals surface area contributed by atoms with E-state index in [1.807, 2.05) is 12.1 Å². The fraction of sp³-hybridized carbons (Fsp3) is 0.609. The topological polar surface area (TPSA) is 88.2 Å². The Kier molecular flexibility index (Phi) is 5.44. The van der Waals surface area contributed by atoms with Gasteiger partial charge in [0.1, 0.15) is 17.9 Å². The van der Waals surface area contributed by atoms with Crippen LogP contribution in [0.4, 0.5) is 0 Å². The summed E-state index contributed by atoms with van der Waals surface area (Å²) in [4.78, 5) is 40.6. The van der Waals surface area contributed by atoms with Crippen molar-refractivity contribution in [2.75, 3.05) is 20.2 Å². The van der Waals surface area contributed by atoms with Gasteiger partial charge in [-0.25, -0.2) is 0 Å². The molecule has 1 saturated carbocycles. The van der Waals surface area contributed by atoms with Crippen molar-refractivity contribution in [1.82, 2.24) is 15.1 Å². The number of likely N-dealkylation sites (tertiary alicyclic amines) is 1. The first-order valence-electron chi connectivity index (χ1n) is 11.2. The zero-order valence-corrected chi connectivity index (χ0v) is 17.8. The number of carbonyl (C=O) groups is 3. The summed E-state index contributed by atoms with van der Waals surface area (Å²) in [5, 5.41) is 2.34. The Hall–Kier alpha value is -2.45. The van der Waals surface area contributed by atoms with Crippen LogP contribution in [-0.2, 0) is 20.9 Å². The molecule has 1 aliphatic carbocycles. The third-order valence-corrected chi connectivity index (χ3v) is 7.18. The van der Waals surface area contributed by atoms with E-state index in [9.17, 15) is 14.4 Å². The molecule has 3 fully saturated rings. The van der Waals surface area contributed by atoms with Crippen LogP contribution in [0.3, 0.4) is 0 Å². The van der Waals surface area contributed by atoms with E-state index in [-0.39, 0.29) is 30.2 Å². The molecule has 8 heteroatoms. The van der Waals surface area contributed by atoms with Crippen LogP contribution >= 0.6 is 0 Å². The second-order valence-corrected chi connectivity index (χ2v) is 9.01. The van der Waals surface area contributed by atoms with E-state index in [2.05, 4.69) is 10.2 Å². The average Bonchev–Trinajstić information content (AvgIpc) is 3.47. The Morgan fingerprint density at radius 2 is 1.97 bits per heavy atom. The van der Waals surface area contributed by atoms with E-state index in [0.717, 1.165) is 50.1 Å². The van der Waals surface area contributed by atoms with Gasteiger partial charge in [0.2, 0.25) is 11.8 Å². The number of fused-ring (bicyclic) bond motifs is 1. The summed E-state index contributed by atoms with van der Waals surface area (Å²) < 4.78 is 11.9. The summed E-state index contributed by atoms with van der Waals surface area (Å²) in [5.74, 6) is -0.0433. The summed E-state index contributed by atoms with van der Waals surface area (Å²) >= 11 is 0. The summed E-state index contributed by atoms with van der Waals surface area (Å²) in [5.41, 5.74) is 1.49. The summed E-state index contributed by atoms with van der Waals surface area (Å²) in [7, 11) is 1.78. The first-order chi connectivity index (χ1) is 15.0. The smallest absolute Gasteiger partial charge is 0.255 e. The minimum Gasteiger partial charge on any atom is -0.489 e. The van der Waals surface area contributed by atoms with E-state index in [4.69, 9.17) is 9.47 Å². The van der Waals surface area contributed by atoms with Crippen molar-refractivity contribution in [1.29, 1.82) is 0 Å². The highest BCUT2D eigenvalue weighted by molar-refractivity contribution is 6.05. The van der Waals surface area contributed by atoms with Crippen LogP contribution in [0.15, 0.2) is 18.2 Å². The van der Waals surface area contributed by atoms with Crippen LogP contribution in [0.1, 0.15) is 54.4 Å². The van der Waals surface area contributed by atoms with Gasteiger partial charge < -0.3 is 14.4 Å². The third kappa shape index (κ3) is 3.83. The number of rotatable bonds is 5. The van der Waals surface area contributed by atoms with E-state index in [1.165, 1.54) is 0 Å². The molecule has 8 nitrogen and oxygen atoms in total. The van der Waals surface area contributed by atoms with Gasteiger partial charge >= 0.3 is 0 Å². The molecule has 4 aliphatic rings. The van der Waals surface area contributed by atoms with Crippen LogP contribution < -0.4 is 10.1 Å². The van der Waals surface area contributed by atoms with Gasteiger partial charge in [0.25, 0.3) is 5.91 Å². The Labute approximate surface area is 181 Å². The number of nitrogens with zero attached hydrogens (tertiary/aromatic N) is 2. The van der Waals surface area contributed by atoms with Gasteiger partial charge in [0.05, 0.1) is 6.10 Å². The highest BCUT2D eigenvalue weighted by Crippen LogP contribution is 2.34. The summed E-state index contributed by atoms with van der Waals surface area (Å²) in [6, 6.07) is 5.41. The number of methoxy groups -OCH3 is 1. The van der Waals surface area contributed by atoms with Gasteiger partial charge in [-0.15, -0.1) is 0 Å². The summed E-state index contributed by atoms with van der Waals surface area (Å²) in [6.45, 7) is 2.37. The number of piperidine rings is 1. The molecule has 2 saturated heterocycles. The molecule has 0 radical (unpaired) electrons. The molecule has 1 aromatic rings. The lowest BCUT2D eigenvalue weighted by Gasteiger charge is -2.30. The van der Waals surface area contributed by atoms with Crippen molar-refractivity contribution in [2.45, 2.75) is 69.4 Å². The van der Waals surface area contributed by atoms with Crippen LogP contribution in [0.5, 0.6) is 5.75 Å². The maximum atomic E-state index is 12.9. The van der Waals surface area contributed by atoms with Gasteiger partial charge in [0, 0.05) is 44.8 Å². The fourth-order valence-electron chi connectivity index (χ4n) is 5.51. The van der Waals surface area contributed by atoms with Crippen molar-refractivity contribution in [3.63, 3.8) is 0 Å². The molecule has 3 aliphatic heterocycles. The zero-order valence-electron chi connectivity index (χ0n) is 17.8. The molecule has 5 rings (SSSR count). The van der Waals surface area contributed by atoms with Crippen molar-refractivity contribution < 1.29 is 23.9 Å². The average molecular weight is 428 g/mol. The summed E-state index contributed by atoms with van der Waals surface area (Å²) in [6.07, 6.45) is 5.45. The van der Waals surface area contributed by atoms with E-state index in [1.54, 1.807) is 18.1 Å². The lowest BCUT2D eigenvalue weighted by Crippen LogP contribution is -2.52. The lowest BCUT2D eigenvalue weighted by atomic mass is 10.0. The normalized spacial score (nSPS) is 31.3. The van der Waals surface area contributed by atoms with Gasteiger partial charge in [0.15, 0.2) is 0 Å². The monoisotopic (exact) mass is 427 g/mol. The van der Waals surface area contributed by atoms with Gasteiger partial charge in [-0.2, -0.15) is 0 Å². The molecule has 0 bridgehead atoms. The highest BCUT2D eigenvalue weighted by Gasteiger charge is 2.40. The molecule has 4 atom stereocenters. The van der Waals surface area contributed by atoms with Crippen LogP contribution in [0.2, 0.25) is 0 Å². The van der Waals surface area contributed by atoms with E-state index < -0.39 is 6.04 Å². The first kappa shape index (κ1) is 20.5. The second kappa shape index (κ2) is 8.24. The molecule has 31 heavy (non-hydrogen) atoms. The fourth-order valence-corrected chi connectivity index (χ4v) is 5.51. The van der Waals surface area contributed by atoms with Crippen molar-refractivity contribution >= 4 is 17.7 Å². The predicted octanol–water partition coefficient (Wildman–Crippen LogP) is 1.47. The van der Waals surface area contributed by atoms with Crippen molar-refractivity contribution in [3.8, 4) is 5.75 Å². The number of benzene rings is 1. The van der Waals surface area contributed by atoms with Crippen molar-refractivity contribution in [3.05, 3.63) is 29.3 Å². The molecular weight excluding hydrogens is 398 g/mol. The molecule has 0 aromatic heterocycles. The van der Waals surface area contributed by atoms with Crippen LogP contribution in [-0.4, -0.2) is 72.0 Å². The molecule has 3 amide bonds. The molecule has 3 heterocycles. The number of imide groups is 1. The SMILES string of the molecule is COC1CCN([C@@H]2CCC[C@H]2Oc2ccc3c(c2)CN(C2CCC(=O)NC2=O)C3=O)C1. The minimum atomic E-state index is -0.593. The lowest BCUT2D eigenvalue weighted by molar-refractivity contribution is -0.136. The Morgan fingerprint density at radius 3 is 2.74 bits per heavy atom. The molecule has 0 spiro atoms. The van der Waals surface area contributed by atoms with Gasteiger partial charge in [-0.05, 0) is 55.9 Å². The molecule has 1 aromatic carbocycles. The van der Waals surface area contributed by atoms with Crippen LogP contribution in [0, 0.1) is 0 Å². The molecule has 2 unspecified atom stereocenters. The van der Waals surface area contributed by atoms with E-state index in [0.29, 0.717) is 30.7 Å². The third-order valence-electron chi connectivity index (χ3n) is 7.18. The quantitative estimate of drug-likeness (QED) is 0.716. The Bertz CT molecular complexity index is 903. The number of amides is 3. The number of nitrogens with one attached hydrogen (secondary N) is 1. The molecular formula is C23H29N3O5. The van der Waals surface area contributed by atoms with Gasteiger partial charge in [-0.3, -0.25) is 24.6 Å². The second-order valence-electron chi connectivity index (χ2n) is 9.01. The number of hydrogen-bond acceptors (Lipinski definition) is 6. The van der Waals surface area contributed by atoms with Crippen molar-refractivity contribution in [2.24, 2.45) is 0 Å². The molecule has 1 N–H and O–H groups in total. The molecule has 166 valence electrons. The van der Waals surface area contributed by atoms with Gasteiger partial charge in [-0.1, -0.05) is 0 Å². The highest BCUT2D eigenvalue weighted by atomic mass is 16.5. The number of ether oxygens (including phenoxy) is 2. The maximum absolute atomic E-state index is 12.9. The standard InChI is InChI=1S/C23H29N3O5/c1-30-16-9-10-25(13-16)18-3-2-4-20(18)31-15-5-6-17-14(11-15)12-26(23(17)29)19-7-8-21(27)24-22(19)28/h5-6,11,16,18-20H,2-4,7-10,12-13H2,1H3,(H,24,27,28)/t16?,18-,19?,20-/m1/s1.